The molecule has 1 saturated carbocycles. The summed E-state index contributed by atoms with van der Waals surface area (Å²) in [7, 11) is 0. The lowest BCUT2D eigenvalue weighted by Crippen LogP contribution is -2.31. The van der Waals surface area contributed by atoms with Gasteiger partial charge in [0.05, 0.1) is 24.3 Å². The van der Waals surface area contributed by atoms with Crippen molar-refractivity contribution in [1.29, 1.82) is 0 Å². The maximum Gasteiger partial charge on any atom is 0.309 e. The molecule has 0 aliphatic heterocycles. The second-order valence-corrected chi connectivity index (χ2v) is 6.22. The van der Waals surface area contributed by atoms with E-state index in [1.807, 2.05) is 26.0 Å². The van der Waals surface area contributed by atoms with Gasteiger partial charge in [0.15, 0.2) is 0 Å². The van der Waals surface area contributed by atoms with Crippen molar-refractivity contribution in [2.24, 2.45) is 5.92 Å². The van der Waals surface area contributed by atoms with E-state index in [-0.39, 0.29) is 24.1 Å². The minimum Gasteiger partial charge on any atom is -0.489 e. The van der Waals surface area contributed by atoms with Gasteiger partial charge in [0.25, 0.3) is 0 Å². The molecule has 1 fully saturated rings. The normalized spacial score (nSPS) is 22.6. The molecule has 2 unspecified atom stereocenters. The summed E-state index contributed by atoms with van der Waals surface area (Å²) in [5.74, 6) is 0.609. The predicted octanol–water partition coefficient (Wildman–Crippen LogP) is 3.73. The van der Waals surface area contributed by atoms with Crippen LogP contribution >= 0.6 is 15.9 Å². The molecule has 2 rings (SSSR count). The number of carbonyl (C=O) groups excluding carboxylic acids is 1. The van der Waals surface area contributed by atoms with Crippen LogP contribution in [-0.2, 0) is 9.53 Å². The standard InChI is InChI=1S/C15H20BrNO3/c1-10(2)19-15(18)11-4-3-5-12(8-11)20-13-6-7-14(16)17-9-13/h6-7,9-12H,3-5,8H2,1-2H3. The third-order valence-electron chi connectivity index (χ3n) is 3.31. The minimum atomic E-state index is -0.0952. The van der Waals surface area contributed by atoms with E-state index in [9.17, 15) is 4.79 Å². The zero-order valence-corrected chi connectivity index (χ0v) is 13.4. The van der Waals surface area contributed by atoms with Crippen molar-refractivity contribution in [3.8, 4) is 5.75 Å². The van der Waals surface area contributed by atoms with Gasteiger partial charge in [0.1, 0.15) is 10.4 Å². The fraction of sp³-hybridized carbons (Fsp3) is 0.600. The van der Waals surface area contributed by atoms with Crippen LogP contribution in [0.4, 0.5) is 0 Å². The molecule has 0 spiro atoms. The SMILES string of the molecule is CC(C)OC(=O)C1CCCC(Oc2ccc(Br)nc2)C1. The Labute approximate surface area is 128 Å². The van der Waals surface area contributed by atoms with Crippen molar-refractivity contribution in [2.75, 3.05) is 0 Å². The lowest BCUT2D eigenvalue weighted by molar-refractivity contribution is -0.154. The Morgan fingerprint density at radius 1 is 1.40 bits per heavy atom. The first-order chi connectivity index (χ1) is 9.54. The molecule has 0 aromatic carbocycles. The molecule has 110 valence electrons. The van der Waals surface area contributed by atoms with E-state index in [1.165, 1.54) is 0 Å². The second kappa shape index (κ2) is 7.07. The molecule has 0 saturated heterocycles. The van der Waals surface area contributed by atoms with Gasteiger partial charge in [-0.05, 0) is 67.6 Å². The number of pyridine rings is 1. The zero-order valence-electron chi connectivity index (χ0n) is 11.8. The van der Waals surface area contributed by atoms with Crippen molar-refractivity contribution in [3.63, 3.8) is 0 Å². The largest absolute Gasteiger partial charge is 0.489 e. The van der Waals surface area contributed by atoms with Gasteiger partial charge in [-0.25, -0.2) is 4.98 Å². The van der Waals surface area contributed by atoms with E-state index < -0.39 is 0 Å². The molecular formula is C15H20BrNO3. The highest BCUT2D eigenvalue weighted by molar-refractivity contribution is 9.10. The highest BCUT2D eigenvalue weighted by atomic mass is 79.9. The average molecular weight is 342 g/mol. The van der Waals surface area contributed by atoms with E-state index in [1.54, 1.807) is 6.20 Å². The molecule has 20 heavy (non-hydrogen) atoms. The Kier molecular flexibility index (Phi) is 5.40. The average Bonchev–Trinajstić information content (AvgIpc) is 2.41. The molecule has 2 atom stereocenters. The summed E-state index contributed by atoms with van der Waals surface area (Å²) in [6.45, 7) is 3.75. The van der Waals surface area contributed by atoms with Crippen LogP contribution in [0.2, 0.25) is 0 Å². The Morgan fingerprint density at radius 2 is 2.20 bits per heavy atom. The highest BCUT2D eigenvalue weighted by Crippen LogP contribution is 2.29. The Bertz CT molecular complexity index is 447. The zero-order chi connectivity index (χ0) is 14.5. The highest BCUT2D eigenvalue weighted by Gasteiger charge is 2.30. The maximum absolute atomic E-state index is 12.0. The summed E-state index contributed by atoms with van der Waals surface area (Å²) in [6.07, 6.45) is 5.29. The van der Waals surface area contributed by atoms with Crippen LogP contribution in [0.3, 0.4) is 0 Å². The van der Waals surface area contributed by atoms with Gasteiger partial charge in [-0.15, -0.1) is 0 Å². The van der Waals surface area contributed by atoms with E-state index in [0.29, 0.717) is 0 Å². The third-order valence-corrected chi connectivity index (χ3v) is 3.78. The lowest BCUT2D eigenvalue weighted by atomic mass is 9.87. The van der Waals surface area contributed by atoms with Gasteiger partial charge < -0.3 is 9.47 Å². The van der Waals surface area contributed by atoms with Crippen molar-refractivity contribution in [1.82, 2.24) is 4.98 Å². The first kappa shape index (κ1) is 15.3. The molecule has 1 heterocycles. The second-order valence-electron chi connectivity index (χ2n) is 5.41. The first-order valence-electron chi connectivity index (χ1n) is 7.03. The van der Waals surface area contributed by atoms with Crippen LogP contribution < -0.4 is 4.74 Å². The van der Waals surface area contributed by atoms with Gasteiger partial charge in [0, 0.05) is 0 Å². The molecule has 0 radical (unpaired) electrons. The van der Waals surface area contributed by atoms with E-state index >= 15 is 0 Å². The Balaban J connectivity index is 1.90. The monoisotopic (exact) mass is 341 g/mol. The van der Waals surface area contributed by atoms with Crippen LogP contribution in [0.25, 0.3) is 0 Å². The van der Waals surface area contributed by atoms with Gasteiger partial charge in [-0.1, -0.05) is 0 Å². The Hall–Kier alpha value is -1.10. The van der Waals surface area contributed by atoms with Crippen LogP contribution in [0.5, 0.6) is 5.75 Å². The number of hydrogen-bond donors (Lipinski definition) is 0. The molecule has 4 nitrogen and oxygen atoms in total. The molecule has 0 amide bonds. The molecule has 0 N–H and O–H groups in total. The number of halogens is 1. The number of hydrogen-bond acceptors (Lipinski definition) is 4. The molecular weight excluding hydrogens is 322 g/mol. The van der Waals surface area contributed by atoms with Crippen molar-refractivity contribution < 1.29 is 14.3 Å². The summed E-state index contributed by atoms with van der Waals surface area (Å²) in [5, 5.41) is 0. The van der Waals surface area contributed by atoms with Crippen LogP contribution in [0.15, 0.2) is 22.9 Å². The van der Waals surface area contributed by atoms with E-state index in [4.69, 9.17) is 9.47 Å². The number of carbonyl (C=O) groups is 1. The fourth-order valence-electron chi connectivity index (χ4n) is 2.42. The van der Waals surface area contributed by atoms with Gasteiger partial charge in [0.2, 0.25) is 0 Å². The quantitative estimate of drug-likeness (QED) is 0.618. The summed E-state index contributed by atoms with van der Waals surface area (Å²) < 4.78 is 12.0. The molecule has 1 aliphatic carbocycles. The fourth-order valence-corrected chi connectivity index (χ4v) is 2.65. The Morgan fingerprint density at radius 3 is 2.85 bits per heavy atom. The van der Waals surface area contributed by atoms with Gasteiger partial charge in [-0.3, -0.25) is 4.79 Å². The third kappa shape index (κ3) is 4.47. The first-order valence-corrected chi connectivity index (χ1v) is 7.82. The molecule has 1 aromatic rings. The summed E-state index contributed by atoms with van der Waals surface area (Å²) in [6, 6.07) is 3.73. The van der Waals surface area contributed by atoms with Crippen molar-refractivity contribution in [2.45, 2.75) is 51.7 Å². The minimum absolute atomic E-state index is 0.0421. The van der Waals surface area contributed by atoms with Crippen molar-refractivity contribution in [3.05, 3.63) is 22.9 Å². The predicted molar refractivity (Wildman–Crippen MR) is 79.5 cm³/mol. The molecule has 0 bridgehead atoms. The topological polar surface area (TPSA) is 48.4 Å². The summed E-state index contributed by atoms with van der Waals surface area (Å²) in [5.41, 5.74) is 0. The lowest BCUT2D eigenvalue weighted by Gasteiger charge is -2.28. The van der Waals surface area contributed by atoms with Crippen LogP contribution in [0, 0.1) is 5.92 Å². The van der Waals surface area contributed by atoms with Crippen LogP contribution in [-0.4, -0.2) is 23.2 Å². The smallest absolute Gasteiger partial charge is 0.309 e. The van der Waals surface area contributed by atoms with Crippen LogP contribution in [0.1, 0.15) is 39.5 Å². The van der Waals surface area contributed by atoms with E-state index in [0.717, 1.165) is 36.0 Å². The number of rotatable bonds is 4. The summed E-state index contributed by atoms with van der Waals surface area (Å²) >= 11 is 3.29. The number of ether oxygens (including phenoxy) is 2. The number of nitrogens with zero attached hydrogens (tertiary/aromatic N) is 1. The molecule has 1 aliphatic rings. The van der Waals surface area contributed by atoms with Gasteiger partial charge >= 0.3 is 5.97 Å². The van der Waals surface area contributed by atoms with E-state index in [2.05, 4.69) is 20.9 Å². The number of esters is 1. The molecule has 1 aromatic heterocycles. The van der Waals surface area contributed by atoms with Gasteiger partial charge in [-0.2, -0.15) is 0 Å². The number of aromatic nitrogens is 1. The summed E-state index contributed by atoms with van der Waals surface area (Å²) in [4.78, 5) is 16.1. The van der Waals surface area contributed by atoms with Crippen molar-refractivity contribution >= 4 is 21.9 Å². The maximum atomic E-state index is 12.0. The molecule has 5 heteroatoms.